The molecule has 0 fully saturated rings. The number of imide groups is 1. The number of hydrogen-bond donors (Lipinski definition) is 2. The quantitative estimate of drug-likeness (QED) is 0.462. The van der Waals surface area contributed by atoms with E-state index >= 15 is 0 Å². The van der Waals surface area contributed by atoms with Crippen LogP contribution in [0.1, 0.15) is 23.8 Å². The molecule has 1 aliphatic carbocycles. The van der Waals surface area contributed by atoms with Gasteiger partial charge in [-0.3, -0.25) is 19.5 Å². The van der Waals surface area contributed by atoms with E-state index in [0.717, 1.165) is 41.4 Å². The van der Waals surface area contributed by atoms with E-state index in [0.29, 0.717) is 17.1 Å². The van der Waals surface area contributed by atoms with Crippen LogP contribution in [-0.2, 0) is 24.2 Å². The van der Waals surface area contributed by atoms with E-state index in [1.165, 1.54) is 11.9 Å². The van der Waals surface area contributed by atoms with Crippen LogP contribution in [0.2, 0.25) is 0 Å². The van der Waals surface area contributed by atoms with Crippen LogP contribution >= 0.6 is 23.1 Å². The Morgan fingerprint density at radius 3 is 2.92 bits per heavy atom. The van der Waals surface area contributed by atoms with E-state index < -0.39 is 17.2 Å². The maximum absolute atomic E-state index is 13.0. The average molecular weight is 393 g/mol. The number of rotatable bonds is 5. The molecule has 2 aromatic rings. The van der Waals surface area contributed by atoms with Crippen LogP contribution in [0.3, 0.4) is 0 Å². The molecular formula is C17H20N4O3S2. The third-order valence-electron chi connectivity index (χ3n) is 4.22. The lowest BCUT2D eigenvalue weighted by atomic mass is 10.2. The fourth-order valence-electron chi connectivity index (χ4n) is 2.93. The molecule has 0 unspecified atom stereocenters. The van der Waals surface area contributed by atoms with Gasteiger partial charge in [0, 0.05) is 18.5 Å². The summed E-state index contributed by atoms with van der Waals surface area (Å²) in [6.07, 6.45) is 4.62. The molecule has 7 nitrogen and oxygen atoms in total. The van der Waals surface area contributed by atoms with Gasteiger partial charge in [-0.15, -0.1) is 17.9 Å². The van der Waals surface area contributed by atoms with Crippen molar-refractivity contribution < 1.29 is 9.59 Å². The highest BCUT2D eigenvalue weighted by Crippen LogP contribution is 2.36. The summed E-state index contributed by atoms with van der Waals surface area (Å²) in [6.45, 7) is 5.71. The van der Waals surface area contributed by atoms with Crippen molar-refractivity contribution in [2.24, 2.45) is 0 Å². The number of nitrogens with zero attached hydrogens (tertiary/aromatic N) is 2. The Morgan fingerprint density at radius 1 is 1.46 bits per heavy atom. The lowest BCUT2D eigenvalue weighted by Crippen LogP contribution is -2.41. The Labute approximate surface area is 158 Å². The van der Waals surface area contributed by atoms with E-state index in [1.54, 1.807) is 28.9 Å². The molecule has 1 atom stereocenters. The Kier molecular flexibility index (Phi) is 5.47. The number of thiophene rings is 1. The zero-order valence-corrected chi connectivity index (χ0v) is 16.3. The molecule has 0 aliphatic heterocycles. The first kappa shape index (κ1) is 18.7. The summed E-state index contributed by atoms with van der Waals surface area (Å²) in [6, 6.07) is -0.566. The Balaban J connectivity index is 1.98. The molecule has 0 spiro atoms. The summed E-state index contributed by atoms with van der Waals surface area (Å²) in [7, 11) is 1.44. The second kappa shape index (κ2) is 7.63. The van der Waals surface area contributed by atoms with Gasteiger partial charge in [0.25, 0.3) is 5.56 Å². The molecule has 3 amide bonds. The maximum atomic E-state index is 13.0. The maximum Gasteiger partial charge on any atom is 0.321 e. The van der Waals surface area contributed by atoms with Crippen molar-refractivity contribution in [1.29, 1.82) is 0 Å². The van der Waals surface area contributed by atoms with Crippen molar-refractivity contribution in [3.63, 3.8) is 0 Å². The van der Waals surface area contributed by atoms with Crippen molar-refractivity contribution in [3.8, 4) is 0 Å². The molecule has 1 aliphatic rings. The summed E-state index contributed by atoms with van der Waals surface area (Å²) < 4.78 is 1.55. The van der Waals surface area contributed by atoms with Gasteiger partial charge in [-0.1, -0.05) is 17.8 Å². The average Bonchev–Trinajstić information content (AvgIpc) is 3.18. The van der Waals surface area contributed by atoms with Gasteiger partial charge in [0.15, 0.2) is 5.16 Å². The molecule has 2 aromatic heterocycles. The summed E-state index contributed by atoms with van der Waals surface area (Å²) in [5.74, 6) is -0.442. The first-order valence-electron chi connectivity index (χ1n) is 8.31. The molecular weight excluding hydrogens is 372 g/mol. The summed E-state index contributed by atoms with van der Waals surface area (Å²) in [5.41, 5.74) is 1.04. The van der Waals surface area contributed by atoms with Gasteiger partial charge in [0.2, 0.25) is 5.91 Å². The van der Waals surface area contributed by atoms with Crippen LogP contribution in [0, 0.1) is 0 Å². The summed E-state index contributed by atoms with van der Waals surface area (Å²) in [5, 5.41) is 5.16. The van der Waals surface area contributed by atoms with Crippen molar-refractivity contribution in [3.05, 3.63) is 33.4 Å². The standard InChI is InChI=1S/C17H20N4O3S2/c1-4-8-21-15(23)12-10-6-5-7-11(10)26-14(12)20-17(21)25-9(2)13(22)19-16(24)18-3/h4,9H,1,5-8H2,2-3H3,(H2,18,19,22,24)/t9-/m0/s1. The smallest absolute Gasteiger partial charge is 0.321 e. The van der Waals surface area contributed by atoms with Gasteiger partial charge in [-0.25, -0.2) is 9.78 Å². The molecule has 0 saturated carbocycles. The highest BCUT2D eigenvalue weighted by Gasteiger charge is 2.25. The third kappa shape index (κ3) is 3.41. The number of aryl methyl sites for hydroxylation is 2. The van der Waals surface area contributed by atoms with Crippen LogP contribution in [0.25, 0.3) is 10.2 Å². The number of thioether (sulfide) groups is 1. The predicted molar refractivity (Wildman–Crippen MR) is 104 cm³/mol. The van der Waals surface area contributed by atoms with Crippen molar-refractivity contribution >= 4 is 45.3 Å². The number of allylic oxidation sites excluding steroid dienone is 1. The minimum atomic E-state index is -0.584. The Hall–Kier alpha value is -2.13. The largest absolute Gasteiger partial charge is 0.341 e. The van der Waals surface area contributed by atoms with Gasteiger partial charge >= 0.3 is 6.03 Å². The number of nitrogens with one attached hydrogen (secondary N) is 2. The SMILES string of the molecule is C=CCn1c(S[C@@H](C)C(=O)NC(=O)NC)nc2sc3c(c2c1=O)CCC3. The lowest BCUT2D eigenvalue weighted by molar-refractivity contribution is -0.119. The highest BCUT2D eigenvalue weighted by atomic mass is 32.2. The molecule has 0 saturated heterocycles. The van der Waals surface area contributed by atoms with Gasteiger partial charge in [0.1, 0.15) is 4.83 Å². The van der Waals surface area contributed by atoms with E-state index in [1.807, 2.05) is 0 Å². The van der Waals surface area contributed by atoms with Crippen LogP contribution in [-0.4, -0.2) is 33.8 Å². The molecule has 0 aromatic carbocycles. The molecule has 2 N–H and O–H groups in total. The molecule has 0 radical (unpaired) electrons. The van der Waals surface area contributed by atoms with Crippen LogP contribution in [0.4, 0.5) is 4.79 Å². The Morgan fingerprint density at radius 2 is 2.23 bits per heavy atom. The second-order valence-electron chi connectivity index (χ2n) is 5.96. The first-order valence-corrected chi connectivity index (χ1v) is 10.0. The number of carbonyl (C=O) groups excluding carboxylic acids is 2. The molecule has 2 heterocycles. The van der Waals surface area contributed by atoms with Gasteiger partial charge in [0.05, 0.1) is 10.6 Å². The highest BCUT2D eigenvalue weighted by molar-refractivity contribution is 8.00. The number of fused-ring (bicyclic) bond motifs is 3. The van der Waals surface area contributed by atoms with E-state index in [-0.39, 0.29) is 5.56 Å². The van der Waals surface area contributed by atoms with Gasteiger partial charge in [-0.2, -0.15) is 0 Å². The minimum absolute atomic E-state index is 0.0873. The third-order valence-corrected chi connectivity index (χ3v) is 6.49. The fraction of sp³-hybridized carbons (Fsp3) is 0.412. The monoisotopic (exact) mass is 392 g/mol. The Bertz CT molecular complexity index is 948. The molecule has 0 bridgehead atoms. The zero-order valence-electron chi connectivity index (χ0n) is 14.6. The van der Waals surface area contributed by atoms with Crippen molar-refractivity contribution in [1.82, 2.24) is 20.2 Å². The summed E-state index contributed by atoms with van der Waals surface area (Å²) >= 11 is 2.72. The summed E-state index contributed by atoms with van der Waals surface area (Å²) in [4.78, 5) is 43.1. The topological polar surface area (TPSA) is 93.1 Å². The molecule has 3 rings (SSSR count). The lowest BCUT2D eigenvalue weighted by Gasteiger charge is -2.14. The van der Waals surface area contributed by atoms with Crippen LogP contribution < -0.4 is 16.2 Å². The van der Waals surface area contributed by atoms with Crippen LogP contribution in [0.15, 0.2) is 22.6 Å². The fourth-order valence-corrected chi connectivity index (χ4v) is 5.15. The number of amides is 3. The van der Waals surface area contributed by atoms with Crippen molar-refractivity contribution in [2.75, 3.05) is 7.05 Å². The number of urea groups is 1. The number of hydrogen-bond acceptors (Lipinski definition) is 6. The predicted octanol–water partition coefficient (Wildman–Crippen LogP) is 2.07. The van der Waals surface area contributed by atoms with Gasteiger partial charge in [-0.05, 0) is 31.7 Å². The minimum Gasteiger partial charge on any atom is -0.341 e. The van der Waals surface area contributed by atoms with E-state index in [2.05, 4.69) is 22.2 Å². The number of aromatic nitrogens is 2. The van der Waals surface area contributed by atoms with E-state index in [9.17, 15) is 14.4 Å². The van der Waals surface area contributed by atoms with Gasteiger partial charge < -0.3 is 5.32 Å². The molecule has 26 heavy (non-hydrogen) atoms. The van der Waals surface area contributed by atoms with E-state index in [4.69, 9.17) is 0 Å². The van der Waals surface area contributed by atoms with Crippen molar-refractivity contribution in [2.45, 2.75) is 43.1 Å². The molecule has 138 valence electrons. The normalized spacial score (nSPS) is 14.1. The molecule has 9 heteroatoms. The first-order chi connectivity index (χ1) is 12.5. The second-order valence-corrected chi connectivity index (χ2v) is 8.36. The van der Waals surface area contributed by atoms with Crippen LogP contribution in [0.5, 0.6) is 0 Å². The zero-order chi connectivity index (χ0) is 18.8. The number of carbonyl (C=O) groups is 2.